The van der Waals surface area contributed by atoms with Gasteiger partial charge in [0.05, 0.1) is 0 Å². The second-order valence-electron chi connectivity index (χ2n) is 3.84. The molecule has 1 aromatic carbocycles. The van der Waals surface area contributed by atoms with Gasteiger partial charge in [-0.1, -0.05) is 24.3 Å². The van der Waals surface area contributed by atoms with Gasteiger partial charge in [-0.3, -0.25) is 14.4 Å². The van der Waals surface area contributed by atoms with Gasteiger partial charge in [0.25, 0.3) is 0 Å². The number of aldehydes is 1. The summed E-state index contributed by atoms with van der Waals surface area (Å²) in [4.78, 5) is 34.3. The van der Waals surface area contributed by atoms with Gasteiger partial charge in [-0.15, -0.1) is 0 Å². The zero-order valence-electron chi connectivity index (χ0n) is 9.27. The van der Waals surface area contributed by atoms with Crippen LogP contribution >= 0.6 is 0 Å². The summed E-state index contributed by atoms with van der Waals surface area (Å²) in [6, 6.07) is 6.67. The van der Waals surface area contributed by atoms with E-state index in [9.17, 15) is 14.4 Å². The summed E-state index contributed by atoms with van der Waals surface area (Å²) in [7, 11) is 0. The van der Waals surface area contributed by atoms with Crippen LogP contribution in [-0.2, 0) is 4.79 Å². The average molecular weight is 226 g/mol. The van der Waals surface area contributed by atoms with Gasteiger partial charge in [-0.05, 0) is 24.6 Å². The van der Waals surface area contributed by atoms with Crippen molar-refractivity contribution >= 4 is 17.9 Å². The Balaban J connectivity index is 2.52. The zero-order valence-corrected chi connectivity index (χ0v) is 9.27. The summed E-state index contributed by atoms with van der Waals surface area (Å²) in [5.41, 5.74) is 1.48. The molecule has 1 aromatic rings. The van der Waals surface area contributed by atoms with Crippen molar-refractivity contribution in [3.63, 3.8) is 0 Å². The van der Waals surface area contributed by atoms with E-state index in [1.807, 2.05) is 0 Å². The fraction of sp³-hybridized carbons (Fsp3) is 0.0714. The van der Waals surface area contributed by atoms with E-state index in [2.05, 4.69) is 0 Å². The van der Waals surface area contributed by atoms with E-state index >= 15 is 0 Å². The largest absolute Gasteiger partial charge is 0.298 e. The standard InChI is InChI=1S/C14H10O3/c1-9(8-15)6-10-7-13(16)11-4-2-3-5-12(11)14(10)17/h2-8H,1H3/b9-6+. The minimum Gasteiger partial charge on any atom is -0.298 e. The molecule has 3 nitrogen and oxygen atoms in total. The molecule has 0 saturated heterocycles. The number of allylic oxidation sites excluding steroid dienone is 4. The van der Waals surface area contributed by atoms with Crippen LogP contribution in [0.5, 0.6) is 0 Å². The van der Waals surface area contributed by atoms with Crippen LogP contribution in [0.15, 0.2) is 47.6 Å². The third-order valence-corrected chi connectivity index (χ3v) is 2.56. The topological polar surface area (TPSA) is 51.2 Å². The van der Waals surface area contributed by atoms with Crippen molar-refractivity contribution in [2.45, 2.75) is 6.92 Å². The van der Waals surface area contributed by atoms with E-state index in [1.54, 1.807) is 31.2 Å². The molecule has 0 atom stereocenters. The summed E-state index contributed by atoms with van der Waals surface area (Å²) in [5.74, 6) is -0.424. The number of carbonyl (C=O) groups excluding carboxylic acids is 3. The van der Waals surface area contributed by atoms with Gasteiger partial charge in [-0.25, -0.2) is 0 Å². The first-order chi connectivity index (χ1) is 8.13. The lowest BCUT2D eigenvalue weighted by atomic mass is 9.89. The number of hydrogen-bond donors (Lipinski definition) is 0. The molecule has 0 spiro atoms. The Morgan fingerprint density at radius 2 is 1.76 bits per heavy atom. The Labute approximate surface area is 98.5 Å². The molecule has 0 radical (unpaired) electrons. The number of carbonyl (C=O) groups is 3. The van der Waals surface area contributed by atoms with E-state index in [0.29, 0.717) is 23.0 Å². The van der Waals surface area contributed by atoms with E-state index in [0.717, 1.165) is 0 Å². The molecule has 0 fully saturated rings. The molecule has 0 aromatic heterocycles. The van der Waals surface area contributed by atoms with Crippen molar-refractivity contribution in [3.05, 3.63) is 58.7 Å². The molecule has 0 saturated carbocycles. The Morgan fingerprint density at radius 3 is 2.41 bits per heavy atom. The number of hydrogen-bond acceptors (Lipinski definition) is 3. The van der Waals surface area contributed by atoms with Crippen LogP contribution in [-0.4, -0.2) is 17.9 Å². The third-order valence-electron chi connectivity index (χ3n) is 2.56. The van der Waals surface area contributed by atoms with Crippen LogP contribution in [0.25, 0.3) is 0 Å². The third kappa shape index (κ3) is 1.99. The summed E-state index contributed by atoms with van der Waals surface area (Å²) in [6.45, 7) is 1.59. The lowest BCUT2D eigenvalue weighted by Crippen LogP contribution is -2.15. The first-order valence-corrected chi connectivity index (χ1v) is 5.16. The molecule has 1 aliphatic rings. The molecular formula is C14H10O3. The number of Topliss-reactive ketones (excluding diaryl/α,β-unsaturated/α-hetero) is 1. The van der Waals surface area contributed by atoms with Gasteiger partial charge < -0.3 is 0 Å². The van der Waals surface area contributed by atoms with Gasteiger partial charge in [0.15, 0.2) is 11.6 Å². The Bertz CT molecular complexity index is 577. The summed E-state index contributed by atoms with van der Waals surface area (Å²) in [5, 5.41) is 0. The van der Waals surface area contributed by atoms with E-state index in [-0.39, 0.29) is 17.1 Å². The molecular weight excluding hydrogens is 216 g/mol. The van der Waals surface area contributed by atoms with Crippen LogP contribution < -0.4 is 0 Å². The minimum atomic E-state index is -0.221. The maximum absolute atomic E-state index is 12.0. The molecule has 3 heteroatoms. The predicted molar refractivity (Wildman–Crippen MR) is 63.0 cm³/mol. The normalized spacial score (nSPS) is 15.4. The van der Waals surface area contributed by atoms with Gasteiger partial charge in [-0.2, -0.15) is 0 Å². The van der Waals surface area contributed by atoms with Crippen molar-refractivity contribution in [1.82, 2.24) is 0 Å². The van der Waals surface area contributed by atoms with Gasteiger partial charge in [0.2, 0.25) is 0 Å². The SMILES string of the molecule is C/C(C=O)=C\C1=CC(=O)c2ccccc2C1=O. The smallest absolute Gasteiger partial charge is 0.193 e. The molecule has 2 rings (SSSR count). The van der Waals surface area contributed by atoms with Gasteiger partial charge in [0, 0.05) is 16.7 Å². The Morgan fingerprint density at radius 1 is 1.12 bits per heavy atom. The first kappa shape index (κ1) is 11.2. The van der Waals surface area contributed by atoms with E-state index in [1.165, 1.54) is 12.2 Å². The number of fused-ring (bicyclic) bond motifs is 1. The van der Waals surface area contributed by atoms with Crippen LogP contribution in [0.1, 0.15) is 27.6 Å². The zero-order chi connectivity index (χ0) is 12.4. The van der Waals surface area contributed by atoms with Crippen molar-refractivity contribution in [2.24, 2.45) is 0 Å². The predicted octanol–water partition coefficient (Wildman–Crippen LogP) is 2.14. The van der Waals surface area contributed by atoms with Crippen LogP contribution in [0.4, 0.5) is 0 Å². The Kier molecular flexibility index (Phi) is 2.83. The number of ketones is 2. The molecule has 1 aliphatic carbocycles. The van der Waals surface area contributed by atoms with Crippen molar-refractivity contribution in [3.8, 4) is 0 Å². The van der Waals surface area contributed by atoms with Crippen LogP contribution in [0, 0.1) is 0 Å². The average Bonchev–Trinajstić information content (AvgIpc) is 2.35. The Hall–Kier alpha value is -2.29. The quantitative estimate of drug-likeness (QED) is 0.573. The van der Waals surface area contributed by atoms with E-state index < -0.39 is 0 Å². The lowest BCUT2D eigenvalue weighted by molar-refractivity contribution is -0.104. The highest BCUT2D eigenvalue weighted by atomic mass is 16.1. The minimum absolute atomic E-state index is 0.204. The summed E-state index contributed by atoms with van der Waals surface area (Å²) in [6.07, 6.45) is 3.36. The second-order valence-corrected chi connectivity index (χ2v) is 3.84. The maximum atomic E-state index is 12.0. The molecule has 17 heavy (non-hydrogen) atoms. The highest BCUT2D eigenvalue weighted by molar-refractivity contribution is 6.25. The molecule has 0 unspecified atom stereocenters. The van der Waals surface area contributed by atoms with Crippen molar-refractivity contribution in [2.75, 3.05) is 0 Å². The molecule has 0 N–H and O–H groups in total. The second kappa shape index (κ2) is 4.29. The highest BCUT2D eigenvalue weighted by Crippen LogP contribution is 2.22. The lowest BCUT2D eigenvalue weighted by Gasteiger charge is -2.12. The summed E-state index contributed by atoms with van der Waals surface area (Å²) < 4.78 is 0. The molecule has 0 heterocycles. The first-order valence-electron chi connectivity index (χ1n) is 5.16. The van der Waals surface area contributed by atoms with Crippen molar-refractivity contribution < 1.29 is 14.4 Å². The van der Waals surface area contributed by atoms with Gasteiger partial charge in [0.1, 0.15) is 6.29 Å². The molecule has 0 amide bonds. The highest BCUT2D eigenvalue weighted by Gasteiger charge is 2.23. The fourth-order valence-corrected chi connectivity index (χ4v) is 1.72. The summed E-state index contributed by atoms with van der Waals surface area (Å²) >= 11 is 0. The molecule has 84 valence electrons. The number of rotatable bonds is 2. The fourth-order valence-electron chi connectivity index (χ4n) is 1.72. The van der Waals surface area contributed by atoms with Gasteiger partial charge >= 0.3 is 0 Å². The monoisotopic (exact) mass is 226 g/mol. The van der Waals surface area contributed by atoms with E-state index in [4.69, 9.17) is 0 Å². The maximum Gasteiger partial charge on any atom is 0.193 e. The molecule has 0 bridgehead atoms. The van der Waals surface area contributed by atoms with Crippen LogP contribution in [0.2, 0.25) is 0 Å². The number of benzene rings is 1. The van der Waals surface area contributed by atoms with Crippen LogP contribution in [0.3, 0.4) is 0 Å². The van der Waals surface area contributed by atoms with Crippen molar-refractivity contribution in [1.29, 1.82) is 0 Å². The molecule has 0 aliphatic heterocycles.